The zero-order valence-electron chi connectivity index (χ0n) is 13.9. The Morgan fingerprint density at radius 3 is 2.84 bits per heavy atom. The summed E-state index contributed by atoms with van der Waals surface area (Å²) in [6.07, 6.45) is 3.52. The van der Waals surface area contributed by atoms with Gasteiger partial charge in [0.25, 0.3) is 5.89 Å². The number of aromatic nitrogens is 2. The molecule has 1 N–H and O–H groups in total. The van der Waals surface area contributed by atoms with Crippen molar-refractivity contribution in [3.63, 3.8) is 0 Å². The van der Waals surface area contributed by atoms with E-state index in [-0.39, 0.29) is 12.5 Å². The molecular weight excluding hydrogens is 340 g/mol. The third-order valence-electron chi connectivity index (χ3n) is 3.40. The summed E-state index contributed by atoms with van der Waals surface area (Å²) >= 11 is 1.59. The van der Waals surface area contributed by atoms with Gasteiger partial charge in [0.15, 0.2) is 5.76 Å². The average molecular weight is 358 g/mol. The highest BCUT2D eigenvalue weighted by Gasteiger charge is 2.14. The van der Waals surface area contributed by atoms with E-state index in [0.29, 0.717) is 24.1 Å². The van der Waals surface area contributed by atoms with Crippen LogP contribution in [-0.2, 0) is 11.3 Å². The van der Waals surface area contributed by atoms with E-state index in [1.165, 1.54) is 0 Å². The lowest BCUT2D eigenvalue weighted by molar-refractivity contribution is -0.117. The van der Waals surface area contributed by atoms with Crippen molar-refractivity contribution in [2.75, 3.05) is 25.2 Å². The smallest absolute Gasteiger partial charge is 0.283 e. The van der Waals surface area contributed by atoms with Crippen LogP contribution in [0.15, 0.2) is 56.4 Å². The summed E-state index contributed by atoms with van der Waals surface area (Å²) in [5.74, 6) is 1.17. The van der Waals surface area contributed by atoms with E-state index in [4.69, 9.17) is 8.83 Å². The van der Waals surface area contributed by atoms with E-state index >= 15 is 0 Å². The van der Waals surface area contributed by atoms with Crippen molar-refractivity contribution in [3.8, 4) is 11.7 Å². The topological polar surface area (TPSA) is 84.4 Å². The maximum absolute atomic E-state index is 12.2. The number of rotatable bonds is 7. The molecule has 0 fully saturated rings. The summed E-state index contributed by atoms with van der Waals surface area (Å²) in [4.78, 5) is 15.1. The molecule has 0 unspecified atom stereocenters. The fraction of sp³-hybridized carbons (Fsp3) is 0.235. The summed E-state index contributed by atoms with van der Waals surface area (Å²) in [6.45, 7) is 0.576. The summed E-state index contributed by atoms with van der Waals surface area (Å²) in [5, 5.41) is 10.8. The van der Waals surface area contributed by atoms with Gasteiger partial charge in [0.05, 0.1) is 25.0 Å². The normalized spacial score (nSPS) is 11.0. The van der Waals surface area contributed by atoms with Crippen LogP contribution in [0.1, 0.15) is 5.89 Å². The Kier molecular flexibility index (Phi) is 5.52. The Bertz CT molecular complexity index is 832. The molecule has 2 heterocycles. The molecule has 1 aromatic carbocycles. The van der Waals surface area contributed by atoms with Crippen LogP contribution >= 0.6 is 11.8 Å². The molecule has 130 valence electrons. The largest absolute Gasteiger partial charge is 0.459 e. The van der Waals surface area contributed by atoms with Gasteiger partial charge in [-0.15, -0.1) is 22.0 Å². The number of nitrogens with zero attached hydrogens (tertiary/aromatic N) is 3. The first kappa shape index (κ1) is 17.2. The number of anilines is 1. The first-order valence-electron chi connectivity index (χ1n) is 7.63. The monoisotopic (exact) mass is 358 g/mol. The molecular formula is C17H18N4O3S. The van der Waals surface area contributed by atoms with Crippen molar-refractivity contribution in [2.45, 2.75) is 11.4 Å². The summed E-state index contributed by atoms with van der Waals surface area (Å²) < 4.78 is 10.8. The van der Waals surface area contributed by atoms with E-state index in [9.17, 15) is 4.79 Å². The first-order valence-corrected chi connectivity index (χ1v) is 8.86. The van der Waals surface area contributed by atoms with E-state index in [1.807, 2.05) is 37.6 Å². The number of carbonyl (C=O) groups excluding carboxylic acids is 1. The number of furan rings is 1. The second-order valence-electron chi connectivity index (χ2n) is 5.40. The van der Waals surface area contributed by atoms with Crippen LogP contribution in [-0.4, -0.2) is 40.9 Å². The molecule has 1 amide bonds. The highest BCUT2D eigenvalue weighted by atomic mass is 32.2. The van der Waals surface area contributed by atoms with Crippen molar-refractivity contribution >= 4 is 23.4 Å². The van der Waals surface area contributed by atoms with E-state index in [2.05, 4.69) is 15.5 Å². The molecule has 0 spiro atoms. The molecule has 8 heteroatoms. The number of likely N-dealkylation sites (N-methyl/N-ethyl adjacent to an activating group) is 1. The first-order chi connectivity index (χ1) is 12.2. The number of benzene rings is 1. The van der Waals surface area contributed by atoms with Crippen LogP contribution in [0.5, 0.6) is 0 Å². The second-order valence-corrected chi connectivity index (χ2v) is 6.25. The molecule has 3 aromatic rings. The van der Waals surface area contributed by atoms with Gasteiger partial charge < -0.3 is 14.2 Å². The van der Waals surface area contributed by atoms with Gasteiger partial charge in [0.1, 0.15) is 0 Å². The van der Waals surface area contributed by atoms with E-state index < -0.39 is 0 Å². The van der Waals surface area contributed by atoms with Gasteiger partial charge in [-0.25, -0.2) is 0 Å². The quantitative estimate of drug-likeness (QED) is 0.650. The summed E-state index contributed by atoms with van der Waals surface area (Å²) in [7, 11) is 1.82. The number of nitrogens with one attached hydrogen (secondary N) is 1. The van der Waals surface area contributed by atoms with Crippen LogP contribution in [0.2, 0.25) is 0 Å². The minimum absolute atomic E-state index is 0.102. The van der Waals surface area contributed by atoms with Crippen LogP contribution in [0.25, 0.3) is 11.7 Å². The van der Waals surface area contributed by atoms with Gasteiger partial charge in [0.2, 0.25) is 11.8 Å². The second kappa shape index (κ2) is 8.00. The molecule has 0 bridgehead atoms. The van der Waals surface area contributed by atoms with Gasteiger partial charge in [-0.05, 0) is 37.6 Å². The predicted molar refractivity (Wildman–Crippen MR) is 95.2 cm³/mol. The van der Waals surface area contributed by atoms with Crippen molar-refractivity contribution in [1.82, 2.24) is 15.1 Å². The van der Waals surface area contributed by atoms with Crippen LogP contribution < -0.4 is 5.32 Å². The fourth-order valence-electron chi connectivity index (χ4n) is 2.29. The Morgan fingerprint density at radius 2 is 2.08 bits per heavy atom. The maximum Gasteiger partial charge on any atom is 0.283 e. The van der Waals surface area contributed by atoms with Gasteiger partial charge >= 0.3 is 0 Å². The van der Waals surface area contributed by atoms with E-state index in [0.717, 1.165) is 10.6 Å². The number of amides is 1. The number of para-hydroxylation sites is 1. The molecule has 0 aliphatic rings. The molecule has 0 aliphatic heterocycles. The lowest BCUT2D eigenvalue weighted by Crippen LogP contribution is -2.30. The third kappa shape index (κ3) is 4.49. The predicted octanol–water partition coefficient (Wildman–Crippen LogP) is 3.12. The lowest BCUT2D eigenvalue weighted by atomic mass is 10.3. The zero-order valence-corrected chi connectivity index (χ0v) is 14.7. The molecule has 0 radical (unpaired) electrons. The third-order valence-corrected chi connectivity index (χ3v) is 4.19. The van der Waals surface area contributed by atoms with Crippen molar-refractivity contribution in [3.05, 3.63) is 48.6 Å². The molecule has 0 saturated heterocycles. The molecule has 0 aliphatic carbocycles. The maximum atomic E-state index is 12.2. The minimum Gasteiger partial charge on any atom is -0.459 e. The highest BCUT2D eigenvalue weighted by molar-refractivity contribution is 7.98. The Labute approximate surface area is 149 Å². The molecule has 0 atom stereocenters. The fourth-order valence-corrected chi connectivity index (χ4v) is 2.84. The van der Waals surface area contributed by atoms with Crippen LogP contribution in [0.3, 0.4) is 0 Å². The van der Waals surface area contributed by atoms with Gasteiger partial charge in [0, 0.05) is 4.90 Å². The summed E-state index contributed by atoms with van der Waals surface area (Å²) in [5.41, 5.74) is 0.811. The van der Waals surface area contributed by atoms with Crippen molar-refractivity contribution in [2.24, 2.45) is 0 Å². The lowest BCUT2D eigenvalue weighted by Gasteiger charge is -2.15. The zero-order chi connectivity index (χ0) is 17.6. The van der Waals surface area contributed by atoms with Gasteiger partial charge in [-0.3, -0.25) is 9.69 Å². The molecule has 25 heavy (non-hydrogen) atoms. The number of hydrogen-bond acceptors (Lipinski definition) is 7. The van der Waals surface area contributed by atoms with Crippen molar-refractivity contribution in [1.29, 1.82) is 0 Å². The average Bonchev–Trinajstić information content (AvgIpc) is 3.26. The number of carbonyl (C=O) groups is 1. The molecule has 3 rings (SSSR count). The number of thioether (sulfide) groups is 1. The molecule has 7 nitrogen and oxygen atoms in total. The highest BCUT2D eigenvalue weighted by Crippen LogP contribution is 2.24. The van der Waals surface area contributed by atoms with Gasteiger partial charge in [-0.1, -0.05) is 12.1 Å². The Morgan fingerprint density at radius 1 is 1.24 bits per heavy atom. The van der Waals surface area contributed by atoms with Gasteiger partial charge in [-0.2, -0.15) is 0 Å². The molecule has 2 aromatic heterocycles. The van der Waals surface area contributed by atoms with Crippen LogP contribution in [0.4, 0.5) is 5.69 Å². The minimum atomic E-state index is -0.102. The standard InChI is InChI=1S/C17H18N4O3S/c1-21(10-15(22)18-12-6-3-4-8-14(12)25-2)11-16-19-20-17(24-16)13-7-5-9-23-13/h3-9H,10-11H2,1-2H3,(H,18,22). The Hall–Kier alpha value is -2.58. The van der Waals surface area contributed by atoms with Crippen LogP contribution in [0, 0.1) is 0 Å². The Balaban J connectivity index is 1.55. The van der Waals surface area contributed by atoms with E-state index in [1.54, 1.807) is 35.1 Å². The molecule has 0 saturated carbocycles. The SMILES string of the molecule is CSc1ccccc1NC(=O)CN(C)Cc1nnc(-c2ccco2)o1. The summed E-state index contributed by atoms with van der Waals surface area (Å²) in [6, 6.07) is 11.2. The van der Waals surface area contributed by atoms with Crippen molar-refractivity contribution < 1.29 is 13.6 Å². The number of hydrogen-bond donors (Lipinski definition) is 1.